The van der Waals surface area contributed by atoms with Crippen LogP contribution in [0.25, 0.3) is 0 Å². The van der Waals surface area contributed by atoms with Gasteiger partial charge in [0.25, 0.3) is 0 Å². The van der Waals surface area contributed by atoms with Crippen LogP contribution in [0.15, 0.2) is 0 Å². The van der Waals surface area contributed by atoms with Crippen LogP contribution < -0.4 is 11.1 Å². The summed E-state index contributed by atoms with van der Waals surface area (Å²) in [6.07, 6.45) is 3.91. The van der Waals surface area contributed by atoms with E-state index in [1.165, 1.54) is 12.8 Å². The van der Waals surface area contributed by atoms with E-state index in [0.717, 1.165) is 38.5 Å². The Bertz CT molecular complexity index is 251. The SMILES string of the molecule is C[C@H](N)C(=O)N1CCC(CNCC2CC2)C1. The summed E-state index contributed by atoms with van der Waals surface area (Å²) in [6, 6.07) is -0.349. The molecule has 1 heterocycles. The predicted octanol–water partition coefficient (Wildman–Crippen LogP) is 0.182. The largest absolute Gasteiger partial charge is 0.341 e. The summed E-state index contributed by atoms with van der Waals surface area (Å²) in [5.41, 5.74) is 5.60. The number of hydrogen-bond donors (Lipinski definition) is 2. The van der Waals surface area contributed by atoms with E-state index in [1.807, 2.05) is 4.90 Å². The molecule has 4 heteroatoms. The van der Waals surface area contributed by atoms with Gasteiger partial charge < -0.3 is 16.0 Å². The third kappa shape index (κ3) is 3.19. The van der Waals surface area contributed by atoms with E-state index in [1.54, 1.807) is 6.92 Å². The second-order valence-corrected chi connectivity index (χ2v) is 5.33. The predicted molar refractivity (Wildman–Crippen MR) is 63.9 cm³/mol. The molecule has 4 nitrogen and oxygen atoms in total. The number of nitrogens with two attached hydrogens (primary N) is 1. The molecule has 0 aromatic carbocycles. The lowest BCUT2D eigenvalue weighted by Gasteiger charge is -2.18. The fourth-order valence-corrected chi connectivity index (χ4v) is 2.30. The second kappa shape index (κ2) is 5.15. The maximum atomic E-state index is 11.7. The zero-order chi connectivity index (χ0) is 11.5. The number of amides is 1. The van der Waals surface area contributed by atoms with E-state index in [-0.39, 0.29) is 11.9 Å². The summed E-state index contributed by atoms with van der Waals surface area (Å²) >= 11 is 0. The number of carbonyl (C=O) groups is 1. The van der Waals surface area contributed by atoms with Gasteiger partial charge in [-0.1, -0.05) is 0 Å². The van der Waals surface area contributed by atoms with Gasteiger partial charge in [-0.2, -0.15) is 0 Å². The third-order valence-corrected chi connectivity index (χ3v) is 3.55. The lowest BCUT2D eigenvalue weighted by Crippen LogP contribution is -2.41. The van der Waals surface area contributed by atoms with E-state index >= 15 is 0 Å². The maximum absolute atomic E-state index is 11.7. The molecule has 1 aliphatic carbocycles. The quantitative estimate of drug-likeness (QED) is 0.702. The summed E-state index contributed by atoms with van der Waals surface area (Å²) < 4.78 is 0. The van der Waals surface area contributed by atoms with Crippen LogP contribution in [0.3, 0.4) is 0 Å². The Morgan fingerprint density at radius 3 is 2.69 bits per heavy atom. The molecule has 2 atom stereocenters. The fourth-order valence-electron chi connectivity index (χ4n) is 2.30. The first-order chi connectivity index (χ1) is 7.66. The van der Waals surface area contributed by atoms with Crippen LogP contribution in [-0.2, 0) is 4.79 Å². The van der Waals surface area contributed by atoms with Gasteiger partial charge in [-0.3, -0.25) is 4.79 Å². The minimum Gasteiger partial charge on any atom is -0.341 e. The Morgan fingerprint density at radius 1 is 1.38 bits per heavy atom. The van der Waals surface area contributed by atoms with Crippen molar-refractivity contribution in [3.63, 3.8) is 0 Å². The summed E-state index contributed by atoms with van der Waals surface area (Å²) in [7, 11) is 0. The van der Waals surface area contributed by atoms with Crippen LogP contribution in [0.1, 0.15) is 26.2 Å². The van der Waals surface area contributed by atoms with E-state index in [4.69, 9.17) is 5.73 Å². The summed E-state index contributed by atoms with van der Waals surface area (Å²) in [4.78, 5) is 13.6. The number of rotatable bonds is 5. The van der Waals surface area contributed by atoms with Crippen LogP contribution in [0, 0.1) is 11.8 Å². The van der Waals surface area contributed by atoms with Crippen molar-refractivity contribution in [2.45, 2.75) is 32.2 Å². The zero-order valence-corrected chi connectivity index (χ0v) is 10.1. The van der Waals surface area contributed by atoms with Gasteiger partial charge >= 0.3 is 0 Å². The third-order valence-electron chi connectivity index (χ3n) is 3.55. The van der Waals surface area contributed by atoms with Gasteiger partial charge in [0.15, 0.2) is 0 Å². The van der Waals surface area contributed by atoms with Crippen LogP contribution >= 0.6 is 0 Å². The van der Waals surface area contributed by atoms with Gasteiger partial charge in [0.2, 0.25) is 5.91 Å². The number of carbonyl (C=O) groups excluding carboxylic acids is 1. The zero-order valence-electron chi connectivity index (χ0n) is 10.1. The highest BCUT2D eigenvalue weighted by Gasteiger charge is 2.28. The average Bonchev–Trinajstić information content (AvgIpc) is 2.94. The van der Waals surface area contributed by atoms with Crippen molar-refractivity contribution in [3.05, 3.63) is 0 Å². The minimum absolute atomic E-state index is 0.102. The highest BCUT2D eigenvalue weighted by Crippen LogP contribution is 2.27. The summed E-state index contributed by atoms with van der Waals surface area (Å²) in [6.45, 7) is 5.76. The molecule has 16 heavy (non-hydrogen) atoms. The highest BCUT2D eigenvalue weighted by molar-refractivity contribution is 5.81. The van der Waals surface area contributed by atoms with Gasteiger partial charge in [0.1, 0.15) is 0 Å². The van der Waals surface area contributed by atoms with Crippen LogP contribution in [0.5, 0.6) is 0 Å². The van der Waals surface area contributed by atoms with Crippen molar-refractivity contribution in [2.24, 2.45) is 17.6 Å². The van der Waals surface area contributed by atoms with Crippen molar-refractivity contribution in [3.8, 4) is 0 Å². The molecule has 2 aliphatic rings. The molecule has 1 saturated carbocycles. The lowest BCUT2D eigenvalue weighted by atomic mass is 10.1. The van der Waals surface area contributed by atoms with Crippen LogP contribution in [0.4, 0.5) is 0 Å². The van der Waals surface area contributed by atoms with Gasteiger partial charge in [-0.25, -0.2) is 0 Å². The lowest BCUT2D eigenvalue weighted by molar-refractivity contribution is -0.131. The smallest absolute Gasteiger partial charge is 0.239 e. The Kier molecular flexibility index (Phi) is 3.82. The average molecular weight is 225 g/mol. The standard InChI is InChI=1S/C12H23N3O/c1-9(13)12(16)15-5-4-11(8-15)7-14-6-10-2-3-10/h9-11,14H,2-8,13H2,1H3/t9-,11?/m0/s1. The molecule has 2 fully saturated rings. The van der Waals surface area contributed by atoms with Crippen molar-refractivity contribution in [1.29, 1.82) is 0 Å². The molecule has 0 radical (unpaired) electrons. The van der Waals surface area contributed by atoms with Gasteiger partial charge in [0, 0.05) is 13.1 Å². The molecular weight excluding hydrogens is 202 g/mol. The van der Waals surface area contributed by atoms with Crippen molar-refractivity contribution in [1.82, 2.24) is 10.2 Å². The Morgan fingerprint density at radius 2 is 2.06 bits per heavy atom. The van der Waals surface area contributed by atoms with Crippen molar-refractivity contribution >= 4 is 5.91 Å². The Hall–Kier alpha value is -0.610. The normalized spacial score (nSPS) is 27.1. The molecule has 0 spiro atoms. The molecule has 2 rings (SSSR count). The number of hydrogen-bond acceptors (Lipinski definition) is 3. The highest BCUT2D eigenvalue weighted by atomic mass is 16.2. The topological polar surface area (TPSA) is 58.4 Å². The molecular formula is C12H23N3O. The first-order valence-electron chi connectivity index (χ1n) is 6.42. The molecule has 1 unspecified atom stereocenters. The monoisotopic (exact) mass is 225 g/mol. The molecule has 0 aromatic heterocycles. The van der Waals surface area contributed by atoms with E-state index in [2.05, 4.69) is 5.32 Å². The van der Waals surface area contributed by atoms with Crippen LogP contribution in [-0.4, -0.2) is 43.0 Å². The van der Waals surface area contributed by atoms with E-state index in [0.29, 0.717) is 5.92 Å². The molecule has 0 bridgehead atoms. The summed E-state index contributed by atoms with van der Waals surface area (Å²) in [5, 5.41) is 3.51. The van der Waals surface area contributed by atoms with Gasteiger partial charge in [-0.05, 0) is 51.1 Å². The van der Waals surface area contributed by atoms with Crippen molar-refractivity contribution < 1.29 is 4.79 Å². The van der Waals surface area contributed by atoms with E-state index in [9.17, 15) is 4.79 Å². The second-order valence-electron chi connectivity index (χ2n) is 5.33. The first-order valence-corrected chi connectivity index (χ1v) is 6.42. The number of nitrogens with one attached hydrogen (secondary N) is 1. The van der Waals surface area contributed by atoms with Gasteiger partial charge in [0.05, 0.1) is 6.04 Å². The molecule has 0 aromatic rings. The van der Waals surface area contributed by atoms with Gasteiger partial charge in [-0.15, -0.1) is 0 Å². The Labute approximate surface area is 97.6 Å². The van der Waals surface area contributed by atoms with Crippen molar-refractivity contribution in [2.75, 3.05) is 26.2 Å². The molecule has 1 amide bonds. The Balaban J connectivity index is 1.64. The molecule has 1 saturated heterocycles. The number of likely N-dealkylation sites (tertiary alicyclic amines) is 1. The molecule has 1 aliphatic heterocycles. The minimum atomic E-state index is -0.349. The molecule has 92 valence electrons. The maximum Gasteiger partial charge on any atom is 0.239 e. The fraction of sp³-hybridized carbons (Fsp3) is 0.917. The van der Waals surface area contributed by atoms with Crippen LogP contribution in [0.2, 0.25) is 0 Å². The first kappa shape index (κ1) is 11.9. The summed E-state index contributed by atoms with van der Waals surface area (Å²) in [5.74, 6) is 1.66. The van der Waals surface area contributed by atoms with E-state index < -0.39 is 0 Å². The molecule has 3 N–H and O–H groups in total. The number of nitrogens with zero attached hydrogens (tertiary/aromatic N) is 1.